The Morgan fingerprint density at radius 1 is 1.02 bits per heavy atom. The molecule has 4 aromatic carbocycles. The highest BCUT2D eigenvalue weighted by molar-refractivity contribution is 9.10. The lowest BCUT2D eigenvalue weighted by Gasteiger charge is -2.31. The van der Waals surface area contributed by atoms with Gasteiger partial charge in [0.05, 0.1) is 6.61 Å². The maximum absolute atomic E-state index is 14.3. The zero-order chi connectivity index (χ0) is 30.4. The second-order valence-electron chi connectivity index (χ2n) is 10.1. The highest BCUT2D eigenvalue weighted by Gasteiger charge is 2.53. The van der Waals surface area contributed by atoms with E-state index < -0.39 is 23.4 Å². The zero-order valence-electron chi connectivity index (χ0n) is 22.9. The Bertz CT molecular complexity index is 1620. The zero-order valence-corrected chi connectivity index (χ0v) is 26.0. The number of hydrogen-bond donors (Lipinski definition) is 2. The average Bonchev–Trinajstić information content (AvgIpc) is 3.37. The van der Waals surface area contributed by atoms with Crippen LogP contribution in [0.15, 0.2) is 100 Å². The van der Waals surface area contributed by atoms with Crippen LogP contribution in [-0.4, -0.2) is 35.7 Å². The van der Waals surface area contributed by atoms with Gasteiger partial charge < -0.3 is 19.9 Å². The topological polar surface area (TPSA) is 80.2 Å². The summed E-state index contributed by atoms with van der Waals surface area (Å²) < 4.78 is 27.0. The van der Waals surface area contributed by atoms with Crippen LogP contribution < -0.4 is 10.1 Å². The van der Waals surface area contributed by atoms with Gasteiger partial charge in [-0.2, -0.15) is 0 Å². The van der Waals surface area contributed by atoms with E-state index in [1.165, 1.54) is 12.1 Å². The normalized spacial score (nSPS) is 17.7. The largest absolute Gasteiger partial charge is 0.494 e. The molecule has 4 aromatic rings. The summed E-state index contributed by atoms with van der Waals surface area (Å²) in [5.41, 5.74) is 1.16. The van der Waals surface area contributed by atoms with Gasteiger partial charge in [0.1, 0.15) is 11.6 Å². The van der Waals surface area contributed by atoms with Crippen molar-refractivity contribution >= 4 is 50.9 Å². The first-order valence-corrected chi connectivity index (χ1v) is 15.1. The molecule has 0 aliphatic carbocycles. The number of rotatable bonds is 11. The molecule has 10 heteroatoms. The number of amides is 1. The molecule has 2 N–H and O–H groups in total. The number of carbonyl (C=O) groups is 1. The lowest BCUT2D eigenvalue weighted by molar-refractivity contribution is -0.129. The molecular formula is C33H28BrCl2FN2O4. The molecule has 0 radical (unpaired) electrons. The van der Waals surface area contributed by atoms with Crippen LogP contribution >= 0.6 is 39.1 Å². The Morgan fingerprint density at radius 3 is 2.49 bits per heavy atom. The molecule has 0 spiro atoms. The molecule has 0 saturated heterocycles. The van der Waals surface area contributed by atoms with Crippen LogP contribution in [0.3, 0.4) is 0 Å². The van der Waals surface area contributed by atoms with E-state index in [9.17, 15) is 9.18 Å². The van der Waals surface area contributed by atoms with Crippen molar-refractivity contribution in [2.24, 2.45) is 4.99 Å². The Kier molecular flexibility index (Phi) is 10.0. The second kappa shape index (κ2) is 13.9. The fourth-order valence-corrected chi connectivity index (χ4v) is 5.64. The van der Waals surface area contributed by atoms with Gasteiger partial charge in [-0.15, -0.1) is 0 Å². The molecule has 1 heterocycles. The van der Waals surface area contributed by atoms with E-state index in [1.54, 1.807) is 54.6 Å². The molecule has 0 saturated carbocycles. The van der Waals surface area contributed by atoms with Gasteiger partial charge in [0.15, 0.2) is 11.6 Å². The minimum atomic E-state index is -1.48. The van der Waals surface area contributed by atoms with Crippen LogP contribution in [0.2, 0.25) is 10.0 Å². The van der Waals surface area contributed by atoms with Crippen LogP contribution in [0.5, 0.6) is 5.75 Å². The van der Waals surface area contributed by atoms with Crippen LogP contribution in [0, 0.1) is 5.82 Å². The van der Waals surface area contributed by atoms with Crippen LogP contribution in [0.25, 0.3) is 0 Å². The van der Waals surface area contributed by atoms with Gasteiger partial charge in [-0.05, 0) is 71.8 Å². The molecule has 43 heavy (non-hydrogen) atoms. The summed E-state index contributed by atoms with van der Waals surface area (Å²) in [5.74, 6) is 0.0862. The minimum absolute atomic E-state index is 0.0408. The van der Waals surface area contributed by atoms with Crippen molar-refractivity contribution in [3.05, 3.63) is 134 Å². The first-order chi connectivity index (χ1) is 20.8. The van der Waals surface area contributed by atoms with Crippen molar-refractivity contribution in [3.63, 3.8) is 0 Å². The molecule has 1 amide bonds. The molecule has 0 unspecified atom stereocenters. The molecule has 1 aliphatic heterocycles. The first kappa shape index (κ1) is 31.0. The average molecular weight is 686 g/mol. The summed E-state index contributed by atoms with van der Waals surface area (Å²) in [7, 11) is 0. The van der Waals surface area contributed by atoms with Gasteiger partial charge in [0.2, 0.25) is 5.90 Å². The monoisotopic (exact) mass is 684 g/mol. The van der Waals surface area contributed by atoms with Gasteiger partial charge in [0, 0.05) is 51.6 Å². The van der Waals surface area contributed by atoms with Gasteiger partial charge >= 0.3 is 0 Å². The lowest BCUT2D eigenvalue weighted by Crippen LogP contribution is -2.49. The van der Waals surface area contributed by atoms with E-state index in [0.29, 0.717) is 45.5 Å². The second-order valence-corrected chi connectivity index (χ2v) is 11.8. The Hall–Kier alpha value is -3.43. The summed E-state index contributed by atoms with van der Waals surface area (Å²) in [4.78, 5) is 19.3. The minimum Gasteiger partial charge on any atom is -0.494 e. The molecule has 6 nitrogen and oxygen atoms in total. The molecule has 0 fully saturated rings. The van der Waals surface area contributed by atoms with Gasteiger partial charge in [0.25, 0.3) is 5.91 Å². The summed E-state index contributed by atoms with van der Waals surface area (Å²) in [6.45, 7) is 0.510. The SMILES string of the molecule is O=C(NCc1cccc(F)c1)[C@]1(Cc2ccc(Br)cc2)N=C(c2ccc(OCCCO)cc2)O[C@@H]1c1ccc(Cl)cc1Cl. The van der Waals surface area contributed by atoms with E-state index in [0.717, 1.165) is 10.0 Å². The van der Waals surface area contributed by atoms with E-state index in [1.807, 2.05) is 24.3 Å². The van der Waals surface area contributed by atoms with Crippen molar-refractivity contribution < 1.29 is 23.8 Å². The highest BCUT2D eigenvalue weighted by atomic mass is 79.9. The van der Waals surface area contributed by atoms with E-state index in [2.05, 4.69) is 21.2 Å². The number of ether oxygens (including phenoxy) is 2. The quantitative estimate of drug-likeness (QED) is 0.161. The highest BCUT2D eigenvalue weighted by Crippen LogP contribution is 2.45. The fourth-order valence-electron chi connectivity index (χ4n) is 4.87. The van der Waals surface area contributed by atoms with Gasteiger partial charge in [-0.1, -0.05) is 69.5 Å². The molecule has 222 valence electrons. The molecule has 0 aromatic heterocycles. The van der Waals surface area contributed by atoms with E-state index in [-0.39, 0.29) is 25.5 Å². The summed E-state index contributed by atoms with van der Waals surface area (Å²) >= 11 is 16.4. The number of hydrogen-bond acceptors (Lipinski definition) is 5. The maximum Gasteiger partial charge on any atom is 0.252 e. The third kappa shape index (κ3) is 7.39. The molecular weight excluding hydrogens is 658 g/mol. The summed E-state index contributed by atoms with van der Waals surface area (Å²) in [5, 5.41) is 12.8. The van der Waals surface area contributed by atoms with E-state index in [4.69, 9.17) is 42.8 Å². The number of halogens is 4. The molecule has 1 aliphatic rings. The number of aliphatic hydroxyl groups is 1. The van der Waals surface area contributed by atoms with Gasteiger partial charge in [-0.3, -0.25) is 4.79 Å². The van der Waals surface area contributed by atoms with Crippen molar-refractivity contribution in [2.45, 2.75) is 31.0 Å². The smallest absolute Gasteiger partial charge is 0.252 e. The molecule has 5 rings (SSSR count). The van der Waals surface area contributed by atoms with Crippen LogP contribution in [0.4, 0.5) is 4.39 Å². The lowest BCUT2D eigenvalue weighted by atomic mass is 9.82. The standard InChI is InChI=1S/C33H28BrCl2FN2O4/c34-24-9-5-21(6-10-24)19-33(32(41)38-20-22-3-1-4-26(37)17-22)30(28-14-11-25(35)18-29(28)36)43-31(39-33)23-7-12-27(13-8-23)42-16-2-15-40/h1,3-14,17-18,30,40H,2,15-16,19-20H2,(H,38,41)/t30-,33-/m1/s1. The number of benzene rings is 4. The maximum atomic E-state index is 14.3. The fraction of sp³-hybridized carbons (Fsp3) is 0.212. The molecule has 2 atom stereocenters. The Morgan fingerprint density at radius 2 is 1.79 bits per heavy atom. The van der Waals surface area contributed by atoms with Crippen molar-refractivity contribution in [2.75, 3.05) is 13.2 Å². The first-order valence-electron chi connectivity index (χ1n) is 13.6. The van der Waals surface area contributed by atoms with Crippen molar-refractivity contribution in [1.29, 1.82) is 0 Å². The predicted molar refractivity (Wildman–Crippen MR) is 169 cm³/mol. The van der Waals surface area contributed by atoms with Gasteiger partial charge in [-0.25, -0.2) is 9.38 Å². The Labute approximate surface area is 267 Å². The summed E-state index contributed by atoms with van der Waals surface area (Å²) in [6.07, 6.45) is -0.210. The van der Waals surface area contributed by atoms with Crippen LogP contribution in [-0.2, 0) is 22.5 Å². The van der Waals surface area contributed by atoms with E-state index >= 15 is 0 Å². The van der Waals surface area contributed by atoms with Crippen molar-refractivity contribution in [3.8, 4) is 5.75 Å². The third-order valence-electron chi connectivity index (χ3n) is 7.00. The number of nitrogens with one attached hydrogen (secondary N) is 1. The van der Waals surface area contributed by atoms with Crippen molar-refractivity contribution in [1.82, 2.24) is 5.32 Å². The third-order valence-corrected chi connectivity index (χ3v) is 8.09. The number of aliphatic hydroxyl groups excluding tert-OH is 1. The van der Waals surface area contributed by atoms with Crippen LogP contribution in [0.1, 0.15) is 34.8 Å². The number of aliphatic imine (C=N–C) groups is 1. The number of nitrogens with zero attached hydrogens (tertiary/aromatic N) is 1. The molecule has 0 bridgehead atoms. The Balaban J connectivity index is 1.57. The number of carbonyl (C=O) groups excluding carboxylic acids is 1. The summed E-state index contributed by atoms with van der Waals surface area (Å²) in [6, 6.07) is 25.9. The predicted octanol–water partition coefficient (Wildman–Crippen LogP) is 7.47.